The first-order valence-corrected chi connectivity index (χ1v) is 8.23. The summed E-state index contributed by atoms with van der Waals surface area (Å²) in [7, 11) is 0. The van der Waals surface area contributed by atoms with Crippen LogP contribution in [0, 0.1) is 0 Å². The highest BCUT2D eigenvalue weighted by Crippen LogP contribution is 2.19. The predicted molar refractivity (Wildman–Crippen MR) is 90.2 cm³/mol. The molecule has 0 fully saturated rings. The van der Waals surface area contributed by atoms with Gasteiger partial charge in [0.25, 0.3) is 5.91 Å². The molecule has 2 aromatic rings. The molecule has 0 saturated heterocycles. The van der Waals surface area contributed by atoms with Crippen molar-refractivity contribution in [2.75, 3.05) is 18.0 Å². The SMILES string of the molecule is CCN(CC)c1ccc(C(=O)NC(C)c2cccs2)cc1. The summed E-state index contributed by atoms with van der Waals surface area (Å²) in [5, 5.41) is 5.06. The minimum absolute atomic E-state index is 0.0259. The highest BCUT2D eigenvalue weighted by atomic mass is 32.1. The van der Waals surface area contributed by atoms with Crippen LogP contribution in [0.5, 0.6) is 0 Å². The molecule has 0 aliphatic heterocycles. The van der Waals surface area contributed by atoms with Crippen LogP contribution in [0.25, 0.3) is 0 Å². The summed E-state index contributed by atoms with van der Waals surface area (Å²) < 4.78 is 0. The summed E-state index contributed by atoms with van der Waals surface area (Å²) in [5.74, 6) is -0.0259. The van der Waals surface area contributed by atoms with E-state index in [0.29, 0.717) is 5.56 Å². The van der Waals surface area contributed by atoms with Crippen LogP contribution in [0.2, 0.25) is 0 Å². The Balaban J connectivity index is 2.03. The minimum Gasteiger partial charge on any atom is -0.372 e. The number of thiophene rings is 1. The molecule has 1 N–H and O–H groups in total. The van der Waals surface area contributed by atoms with Gasteiger partial charge in [0.15, 0.2) is 0 Å². The second-order valence-electron chi connectivity index (χ2n) is 4.93. The lowest BCUT2D eigenvalue weighted by molar-refractivity contribution is 0.0940. The van der Waals surface area contributed by atoms with Gasteiger partial charge in [0.2, 0.25) is 0 Å². The van der Waals surface area contributed by atoms with Crippen molar-refractivity contribution in [2.24, 2.45) is 0 Å². The quantitative estimate of drug-likeness (QED) is 0.872. The number of nitrogens with zero attached hydrogens (tertiary/aromatic N) is 1. The van der Waals surface area contributed by atoms with Crippen molar-refractivity contribution in [1.82, 2.24) is 5.32 Å². The molecule has 0 bridgehead atoms. The fraction of sp³-hybridized carbons (Fsp3) is 0.353. The smallest absolute Gasteiger partial charge is 0.251 e. The number of benzene rings is 1. The standard InChI is InChI=1S/C17H22N2OS/c1-4-19(5-2)15-10-8-14(9-11-15)17(20)18-13(3)16-7-6-12-21-16/h6-13H,4-5H2,1-3H3,(H,18,20). The second-order valence-corrected chi connectivity index (χ2v) is 5.91. The normalized spacial score (nSPS) is 12.0. The van der Waals surface area contributed by atoms with E-state index >= 15 is 0 Å². The fourth-order valence-electron chi connectivity index (χ4n) is 2.30. The summed E-state index contributed by atoms with van der Waals surface area (Å²) in [6, 6.07) is 11.9. The maximum Gasteiger partial charge on any atom is 0.251 e. The zero-order chi connectivity index (χ0) is 15.2. The third-order valence-corrected chi connectivity index (χ3v) is 4.63. The molecule has 2 rings (SSSR count). The maximum atomic E-state index is 12.3. The topological polar surface area (TPSA) is 32.3 Å². The lowest BCUT2D eigenvalue weighted by Gasteiger charge is -2.21. The monoisotopic (exact) mass is 302 g/mol. The van der Waals surface area contributed by atoms with Gasteiger partial charge in [-0.25, -0.2) is 0 Å². The maximum absolute atomic E-state index is 12.3. The van der Waals surface area contributed by atoms with E-state index in [0.717, 1.165) is 18.8 Å². The number of carbonyl (C=O) groups excluding carboxylic acids is 1. The van der Waals surface area contributed by atoms with Gasteiger partial charge < -0.3 is 10.2 Å². The fourth-order valence-corrected chi connectivity index (χ4v) is 3.04. The van der Waals surface area contributed by atoms with Crippen LogP contribution in [-0.2, 0) is 0 Å². The van der Waals surface area contributed by atoms with Crippen LogP contribution >= 0.6 is 11.3 Å². The molecule has 1 aromatic heterocycles. The van der Waals surface area contributed by atoms with E-state index in [9.17, 15) is 4.79 Å². The van der Waals surface area contributed by atoms with Gasteiger partial charge in [-0.2, -0.15) is 0 Å². The highest BCUT2D eigenvalue weighted by molar-refractivity contribution is 7.10. The number of hydrogen-bond acceptors (Lipinski definition) is 3. The van der Waals surface area contributed by atoms with E-state index in [2.05, 4.69) is 24.1 Å². The van der Waals surface area contributed by atoms with Gasteiger partial charge in [-0.1, -0.05) is 6.07 Å². The molecule has 0 aliphatic rings. The molecule has 0 spiro atoms. The van der Waals surface area contributed by atoms with Gasteiger partial charge in [-0.3, -0.25) is 4.79 Å². The van der Waals surface area contributed by atoms with E-state index in [-0.39, 0.29) is 11.9 Å². The lowest BCUT2D eigenvalue weighted by atomic mass is 10.1. The molecule has 1 unspecified atom stereocenters. The van der Waals surface area contributed by atoms with Crippen LogP contribution < -0.4 is 10.2 Å². The van der Waals surface area contributed by atoms with Crippen molar-refractivity contribution in [3.8, 4) is 0 Å². The summed E-state index contributed by atoms with van der Waals surface area (Å²) in [4.78, 5) is 15.7. The summed E-state index contributed by atoms with van der Waals surface area (Å²) >= 11 is 1.66. The van der Waals surface area contributed by atoms with E-state index in [1.54, 1.807) is 11.3 Å². The van der Waals surface area contributed by atoms with Crippen LogP contribution in [0.4, 0.5) is 5.69 Å². The zero-order valence-corrected chi connectivity index (χ0v) is 13.6. The van der Waals surface area contributed by atoms with Gasteiger partial charge in [0.1, 0.15) is 0 Å². The largest absolute Gasteiger partial charge is 0.372 e. The van der Waals surface area contributed by atoms with Gasteiger partial charge >= 0.3 is 0 Å². The van der Waals surface area contributed by atoms with Crippen molar-refractivity contribution in [3.63, 3.8) is 0 Å². The van der Waals surface area contributed by atoms with Crippen molar-refractivity contribution in [1.29, 1.82) is 0 Å². The predicted octanol–water partition coefficient (Wildman–Crippen LogP) is 4.09. The molecular formula is C17H22N2OS. The molecule has 0 radical (unpaired) electrons. The minimum atomic E-state index is -0.0259. The Labute approximate surface area is 130 Å². The van der Waals surface area contributed by atoms with E-state index in [1.165, 1.54) is 4.88 Å². The number of hydrogen-bond donors (Lipinski definition) is 1. The summed E-state index contributed by atoms with van der Waals surface area (Å²) in [6.45, 7) is 8.21. The van der Waals surface area contributed by atoms with Gasteiger partial charge in [-0.15, -0.1) is 11.3 Å². The van der Waals surface area contributed by atoms with Crippen molar-refractivity contribution in [3.05, 3.63) is 52.2 Å². The number of amides is 1. The highest BCUT2D eigenvalue weighted by Gasteiger charge is 2.12. The van der Waals surface area contributed by atoms with Crippen LogP contribution in [-0.4, -0.2) is 19.0 Å². The molecular weight excluding hydrogens is 280 g/mol. The van der Waals surface area contributed by atoms with E-state index in [1.807, 2.05) is 48.7 Å². The molecule has 1 amide bonds. The molecule has 21 heavy (non-hydrogen) atoms. The molecule has 112 valence electrons. The average Bonchev–Trinajstić information content (AvgIpc) is 3.03. The average molecular weight is 302 g/mol. The van der Waals surface area contributed by atoms with Gasteiger partial charge in [0, 0.05) is 29.2 Å². The number of anilines is 1. The first-order valence-electron chi connectivity index (χ1n) is 7.35. The first-order chi connectivity index (χ1) is 10.2. The molecule has 4 heteroatoms. The van der Waals surface area contributed by atoms with E-state index < -0.39 is 0 Å². The Kier molecular flexibility index (Phi) is 5.39. The number of rotatable bonds is 6. The Hall–Kier alpha value is -1.81. The third kappa shape index (κ3) is 3.85. The Morgan fingerprint density at radius 3 is 2.38 bits per heavy atom. The second kappa shape index (κ2) is 7.27. The Morgan fingerprint density at radius 2 is 1.86 bits per heavy atom. The van der Waals surface area contributed by atoms with Gasteiger partial charge in [0.05, 0.1) is 6.04 Å². The van der Waals surface area contributed by atoms with Crippen LogP contribution in [0.15, 0.2) is 41.8 Å². The molecule has 1 atom stereocenters. The molecule has 1 heterocycles. The van der Waals surface area contributed by atoms with E-state index in [4.69, 9.17) is 0 Å². The number of nitrogens with one attached hydrogen (secondary N) is 1. The van der Waals surface area contributed by atoms with Crippen molar-refractivity contribution in [2.45, 2.75) is 26.8 Å². The van der Waals surface area contributed by atoms with Crippen LogP contribution in [0.3, 0.4) is 0 Å². The van der Waals surface area contributed by atoms with Gasteiger partial charge in [-0.05, 0) is 56.5 Å². The zero-order valence-electron chi connectivity index (χ0n) is 12.8. The number of carbonyl (C=O) groups is 1. The summed E-state index contributed by atoms with van der Waals surface area (Å²) in [5.41, 5.74) is 1.86. The summed E-state index contributed by atoms with van der Waals surface area (Å²) in [6.07, 6.45) is 0. The molecule has 0 saturated carbocycles. The lowest BCUT2D eigenvalue weighted by Crippen LogP contribution is -2.26. The van der Waals surface area contributed by atoms with Crippen molar-refractivity contribution >= 4 is 22.9 Å². The Morgan fingerprint density at radius 1 is 1.19 bits per heavy atom. The molecule has 0 aliphatic carbocycles. The van der Waals surface area contributed by atoms with Crippen LogP contribution in [0.1, 0.15) is 42.0 Å². The molecule has 1 aromatic carbocycles. The molecule has 3 nitrogen and oxygen atoms in total. The third-order valence-electron chi connectivity index (χ3n) is 3.58. The first kappa shape index (κ1) is 15.6. The van der Waals surface area contributed by atoms with Crippen molar-refractivity contribution < 1.29 is 4.79 Å². The Bertz CT molecular complexity index is 559.